The highest BCUT2D eigenvalue weighted by Crippen LogP contribution is 2.12. The largest absolute Gasteiger partial charge is 0.468 e. The van der Waals surface area contributed by atoms with Gasteiger partial charge in [0.2, 0.25) is 0 Å². The zero-order valence-electron chi connectivity index (χ0n) is 12.1. The summed E-state index contributed by atoms with van der Waals surface area (Å²) in [4.78, 5) is 33.2. The summed E-state index contributed by atoms with van der Waals surface area (Å²) in [7, 11) is 1.27. The molecule has 7 heteroatoms. The highest BCUT2D eigenvalue weighted by Gasteiger charge is 2.23. The normalized spacial score (nSPS) is 10.0. The smallest absolute Gasteiger partial charge is 0.325 e. The van der Waals surface area contributed by atoms with Gasteiger partial charge in [0.1, 0.15) is 6.54 Å². The van der Waals surface area contributed by atoms with Crippen molar-refractivity contribution in [2.45, 2.75) is 6.54 Å². The Bertz CT molecular complexity index is 661. The molecule has 1 aromatic carbocycles. The lowest BCUT2D eigenvalue weighted by Crippen LogP contribution is -2.36. The summed E-state index contributed by atoms with van der Waals surface area (Å²) < 4.78 is 4.63. The van der Waals surface area contributed by atoms with Crippen LogP contribution in [0.5, 0.6) is 0 Å². The number of hydrogen-bond acceptors (Lipinski definition) is 6. The Labute approximate surface area is 127 Å². The highest BCUT2D eigenvalue weighted by atomic mass is 16.5. The van der Waals surface area contributed by atoms with Gasteiger partial charge in [-0.15, -0.1) is 0 Å². The topological polar surface area (TPSA) is 98.4 Å². The summed E-state index contributed by atoms with van der Waals surface area (Å²) in [5, 5.41) is 0. The number of ether oxygens (including phenoxy) is 1. The molecule has 2 aromatic rings. The molecule has 0 spiro atoms. The number of hydrogen-bond donors (Lipinski definition) is 1. The minimum Gasteiger partial charge on any atom is -0.468 e. The Morgan fingerprint density at radius 1 is 1.18 bits per heavy atom. The van der Waals surface area contributed by atoms with Crippen molar-refractivity contribution in [2.75, 3.05) is 19.4 Å². The number of nitrogens with zero attached hydrogens (tertiary/aromatic N) is 3. The van der Waals surface area contributed by atoms with Gasteiger partial charge in [-0.3, -0.25) is 9.59 Å². The lowest BCUT2D eigenvalue weighted by Gasteiger charge is -2.21. The predicted octanol–water partition coefficient (Wildman–Crippen LogP) is 0.874. The summed E-state index contributed by atoms with van der Waals surface area (Å²) in [6.45, 7) is 0.0467. The number of methoxy groups -OCH3 is 1. The van der Waals surface area contributed by atoms with Crippen molar-refractivity contribution < 1.29 is 14.3 Å². The molecule has 2 rings (SSSR count). The molecule has 0 bridgehead atoms. The minimum atomic E-state index is -0.522. The number of benzene rings is 1. The van der Waals surface area contributed by atoms with E-state index in [2.05, 4.69) is 14.7 Å². The van der Waals surface area contributed by atoms with Crippen LogP contribution in [-0.2, 0) is 16.1 Å². The van der Waals surface area contributed by atoms with Crippen molar-refractivity contribution >= 4 is 17.7 Å². The van der Waals surface area contributed by atoms with Crippen molar-refractivity contribution in [3.63, 3.8) is 0 Å². The van der Waals surface area contributed by atoms with E-state index in [1.165, 1.54) is 24.4 Å². The molecule has 7 nitrogen and oxygen atoms in total. The van der Waals surface area contributed by atoms with E-state index in [-0.39, 0.29) is 24.6 Å². The summed E-state index contributed by atoms with van der Waals surface area (Å²) in [6, 6.07) is 9.30. The number of aromatic nitrogens is 2. The van der Waals surface area contributed by atoms with Crippen LogP contribution < -0.4 is 5.73 Å². The van der Waals surface area contributed by atoms with Crippen LogP contribution in [0.2, 0.25) is 0 Å². The van der Waals surface area contributed by atoms with E-state index in [9.17, 15) is 9.59 Å². The molecule has 2 N–H and O–H groups in total. The fourth-order valence-electron chi connectivity index (χ4n) is 1.89. The lowest BCUT2D eigenvalue weighted by atomic mass is 10.2. The monoisotopic (exact) mass is 300 g/mol. The first-order chi connectivity index (χ1) is 10.6. The second-order valence-corrected chi connectivity index (χ2v) is 4.51. The van der Waals surface area contributed by atoms with Crippen molar-refractivity contribution in [1.29, 1.82) is 0 Å². The van der Waals surface area contributed by atoms with Gasteiger partial charge in [-0.1, -0.05) is 30.3 Å². The molecular formula is C15H16N4O3. The lowest BCUT2D eigenvalue weighted by molar-refractivity contribution is -0.141. The SMILES string of the molecule is COC(=O)CN(Cc1ccccc1)C(=O)c1nccnc1N. The zero-order chi connectivity index (χ0) is 15.9. The molecule has 1 aromatic heterocycles. The van der Waals surface area contributed by atoms with Crippen molar-refractivity contribution in [2.24, 2.45) is 0 Å². The van der Waals surface area contributed by atoms with Crippen molar-refractivity contribution in [3.8, 4) is 0 Å². The number of nitrogen functional groups attached to an aromatic ring is 1. The third-order valence-electron chi connectivity index (χ3n) is 2.98. The second kappa shape index (κ2) is 7.16. The summed E-state index contributed by atoms with van der Waals surface area (Å²) in [5.74, 6) is -0.970. The van der Waals surface area contributed by atoms with Crippen LogP contribution in [0.15, 0.2) is 42.7 Å². The third kappa shape index (κ3) is 3.78. The van der Waals surface area contributed by atoms with Gasteiger partial charge >= 0.3 is 5.97 Å². The molecule has 0 saturated heterocycles. The van der Waals surface area contributed by atoms with E-state index in [1.807, 2.05) is 30.3 Å². The molecule has 0 unspecified atom stereocenters. The van der Waals surface area contributed by atoms with E-state index < -0.39 is 11.9 Å². The standard InChI is InChI=1S/C15H16N4O3/c1-22-12(20)10-19(9-11-5-3-2-4-6-11)15(21)13-14(16)18-8-7-17-13/h2-8H,9-10H2,1H3,(H2,16,18). The number of carbonyl (C=O) groups is 2. The molecule has 22 heavy (non-hydrogen) atoms. The third-order valence-corrected chi connectivity index (χ3v) is 2.98. The van der Waals surface area contributed by atoms with Gasteiger partial charge in [-0.2, -0.15) is 0 Å². The maximum absolute atomic E-state index is 12.6. The minimum absolute atomic E-state index is 0.0161. The summed E-state index contributed by atoms with van der Waals surface area (Å²) in [6.07, 6.45) is 2.77. The van der Waals surface area contributed by atoms with Gasteiger partial charge in [0.25, 0.3) is 5.91 Å². The molecular weight excluding hydrogens is 284 g/mol. The molecule has 0 aliphatic carbocycles. The Balaban J connectivity index is 2.25. The maximum atomic E-state index is 12.6. The zero-order valence-corrected chi connectivity index (χ0v) is 12.1. The van der Waals surface area contributed by atoms with E-state index >= 15 is 0 Å². The van der Waals surface area contributed by atoms with Gasteiger partial charge in [0.15, 0.2) is 11.5 Å². The second-order valence-electron chi connectivity index (χ2n) is 4.51. The maximum Gasteiger partial charge on any atom is 0.325 e. The first-order valence-electron chi connectivity index (χ1n) is 6.58. The molecule has 114 valence electrons. The molecule has 0 aliphatic heterocycles. The van der Waals surface area contributed by atoms with Gasteiger partial charge in [0.05, 0.1) is 7.11 Å². The average Bonchev–Trinajstić information content (AvgIpc) is 2.55. The number of nitrogens with two attached hydrogens (primary N) is 1. The molecule has 0 atom stereocenters. The van der Waals surface area contributed by atoms with E-state index in [0.29, 0.717) is 0 Å². The number of esters is 1. The van der Waals surface area contributed by atoms with Crippen LogP contribution in [0.4, 0.5) is 5.82 Å². The number of rotatable bonds is 5. The van der Waals surface area contributed by atoms with E-state index in [4.69, 9.17) is 5.73 Å². The number of anilines is 1. The molecule has 0 saturated carbocycles. The van der Waals surface area contributed by atoms with Crippen molar-refractivity contribution in [1.82, 2.24) is 14.9 Å². The molecule has 0 radical (unpaired) electrons. The van der Waals surface area contributed by atoms with Gasteiger partial charge in [-0.25, -0.2) is 9.97 Å². The molecule has 0 aliphatic rings. The van der Waals surface area contributed by atoms with E-state index in [1.54, 1.807) is 0 Å². The first kappa shape index (κ1) is 15.4. The Morgan fingerprint density at radius 2 is 1.86 bits per heavy atom. The molecule has 1 heterocycles. The van der Waals surface area contributed by atoms with Crippen LogP contribution in [-0.4, -0.2) is 40.4 Å². The van der Waals surface area contributed by atoms with Crippen LogP contribution in [0, 0.1) is 0 Å². The Hall–Kier alpha value is -2.96. The fraction of sp³-hybridized carbons (Fsp3) is 0.200. The molecule has 0 fully saturated rings. The highest BCUT2D eigenvalue weighted by molar-refractivity contribution is 5.97. The van der Waals surface area contributed by atoms with E-state index in [0.717, 1.165) is 5.56 Å². The summed E-state index contributed by atoms with van der Waals surface area (Å²) >= 11 is 0. The van der Waals surface area contributed by atoms with Gasteiger partial charge in [0, 0.05) is 18.9 Å². The van der Waals surface area contributed by atoms with Crippen LogP contribution in [0.25, 0.3) is 0 Å². The summed E-state index contributed by atoms with van der Waals surface area (Å²) in [5.41, 5.74) is 6.57. The fourth-order valence-corrected chi connectivity index (χ4v) is 1.89. The van der Waals surface area contributed by atoms with Crippen LogP contribution in [0.1, 0.15) is 16.1 Å². The Kier molecular flexibility index (Phi) is 5.02. The molecule has 1 amide bonds. The predicted molar refractivity (Wildman–Crippen MR) is 79.6 cm³/mol. The average molecular weight is 300 g/mol. The van der Waals surface area contributed by atoms with Crippen LogP contribution >= 0.6 is 0 Å². The number of carbonyl (C=O) groups excluding carboxylic acids is 2. The van der Waals surface area contributed by atoms with Gasteiger partial charge < -0.3 is 15.4 Å². The van der Waals surface area contributed by atoms with Crippen molar-refractivity contribution in [3.05, 3.63) is 54.0 Å². The van der Waals surface area contributed by atoms with Crippen LogP contribution in [0.3, 0.4) is 0 Å². The Morgan fingerprint density at radius 3 is 2.50 bits per heavy atom. The number of amides is 1. The first-order valence-corrected chi connectivity index (χ1v) is 6.58. The van der Waals surface area contributed by atoms with Gasteiger partial charge in [-0.05, 0) is 5.56 Å². The quantitative estimate of drug-likeness (QED) is 0.823.